The number of aromatic nitrogens is 2. The molecule has 2 rings (SSSR count). The topological polar surface area (TPSA) is 60.6 Å². The first-order valence-corrected chi connectivity index (χ1v) is 7.82. The van der Waals surface area contributed by atoms with Gasteiger partial charge in [-0.1, -0.05) is 19.0 Å². The van der Waals surface area contributed by atoms with Gasteiger partial charge in [-0.25, -0.2) is 0 Å². The van der Waals surface area contributed by atoms with E-state index in [-0.39, 0.29) is 12.0 Å². The Bertz CT molecular complexity index is 595. The van der Waals surface area contributed by atoms with Crippen LogP contribution < -0.4 is 9.47 Å². The predicted molar refractivity (Wildman–Crippen MR) is 87.9 cm³/mol. The van der Waals surface area contributed by atoms with Gasteiger partial charge < -0.3 is 14.0 Å². The molecule has 1 unspecified atom stereocenters. The van der Waals surface area contributed by atoms with Crippen LogP contribution >= 0.6 is 0 Å². The zero-order valence-electron chi connectivity index (χ0n) is 14.4. The van der Waals surface area contributed by atoms with Gasteiger partial charge in [0.2, 0.25) is 5.89 Å². The van der Waals surface area contributed by atoms with Crippen molar-refractivity contribution in [2.45, 2.75) is 32.7 Å². The molecule has 1 aromatic heterocycles. The van der Waals surface area contributed by atoms with Crippen LogP contribution in [0, 0.1) is 0 Å². The van der Waals surface area contributed by atoms with Crippen molar-refractivity contribution in [1.82, 2.24) is 15.0 Å². The third-order valence-electron chi connectivity index (χ3n) is 3.76. The van der Waals surface area contributed by atoms with Crippen LogP contribution in [0.15, 0.2) is 28.8 Å². The minimum absolute atomic E-state index is 0.0504. The zero-order valence-corrected chi connectivity index (χ0v) is 14.4. The quantitative estimate of drug-likeness (QED) is 0.744. The molecule has 1 aromatic carbocycles. The maximum absolute atomic E-state index is 5.74. The van der Waals surface area contributed by atoms with E-state index in [0.717, 1.165) is 23.9 Å². The first kappa shape index (κ1) is 17.3. The van der Waals surface area contributed by atoms with Crippen LogP contribution in [0.1, 0.15) is 44.4 Å². The number of hydrogen-bond acceptors (Lipinski definition) is 6. The molecule has 6 heteroatoms. The van der Waals surface area contributed by atoms with Crippen molar-refractivity contribution in [2.75, 3.05) is 27.3 Å². The lowest BCUT2D eigenvalue weighted by Gasteiger charge is -2.21. The van der Waals surface area contributed by atoms with Crippen LogP contribution in [0.3, 0.4) is 0 Å². The van der Waals surface area contributed by atoms with E-state index in [2.05, 4.69) is 15.0 Å². The average molecular weight is 319 g/mol. The van der Waals surface area contributed by atoms with Gasteiger partial charge in [-0.05, 0) is 38.2 Å². The van der Waals surface area contributed by atoms with Crippen molar-refractivity contribution in [1.29, 1.82) is 0 Å². The Morgan fingerprint density at radius 2 is 1.78 bits per heavy atom. The highest BCUT2D eigenvalue weighted by molar-refractivity contribution is 5.31. The minimum Gasteiger partial charge on any atom is -0.497 e. The van der Waals surface area contributed by atoms with Crippen molar-refractivity contribution >= 4 is 0 Å². The summed E-state index contributed by atoms with van der Waals surface area (Å²) in [5, 5.41) is 4.01. The van der Waals surface area contributed by atoms with E-state index < -0.39 is 0 Å². The Labute approximate surface area is 137 Å². The SMILES string of the molecule is COc1ccc(OCCN(C)C(C)c2nc(C(C)C)no2)cc1. The minimum atomic E-state index is 0.0504. The molecule has 0 aliphatic rings. The summed E-state index contributed by atoms with van der Waals surface area (Å²) < 4.78 is 16.2. The van der Waals surface area contributed by atoms with Crippen molar-refractivity contribution in [3.63, 3.8) is 0 Å². The van der Waals surface area contributed by atoms with Gasteiger partial charge >= 0.3 is 0 Å². The summed E-state index contributed by atoms with van der Waals surface area (Å²) in [6.07, 6.45) is 0. The molecule has 126 valence electrons. The first-order chi connectivity index (χ1) is 11.0. The zero-order chi connectivity index (χ0) is 16.8. The van der Waals surface area contributed by atoms with Crippen LogP contribution in [0.25, 0.3) is 0 Å². The summed E-state index contributed by atoms with van der Waals surface area (Å²) in [5.41, 5.74) is 0. The van der Waals surface area contributed by atoms with Crippen LogP contribution in [-0.4, -0.2) is 42.3 Å². The van der Waals surface area contributed by atoms with E-state index >= 15 is 0 Å². The van der Waals surface area contributed by atoms with Gasteiger partial charge in [-0.2, -0.15) is 4.98 Å². The lowest BCUT2D eigenvalue weighted by atomic mass is 10.2. The highest BCUT2D eigenvalue weighted by Gasteiger charge is 2.19. The third-order valence-corrected chi connectivity index (χ3v) is 3.76. The number of ether oxygens (including phenoxy) is 2. The maximum atomic E-state index is 5.74. The van der Waals surface area contributed by atoms with E-state index in [1.807, 2.05) is 52.1 Å². The van der Waals surface area contributed by atoms with Gasteiger partial charge in [-0.15, -0.1) is 0 Å². The van der Waals surface area contributed by atoms with Crippen molar-refractivity contribution in [3.05, 3.63) is 36.0 Å². The summed E-state index contributed by atoms with van der Waals surface area (Å²) in [6, 6.07) is 7.61. The van der Waals surface area contributed by atoms with Crippen LogP contribution in [0.2, 0.25) is 0 Å². The van der Waals surface area contributed by atoms with E-state index in [4.69, 9.17) is 14.0 Å². The van der Waals surface area contributed by atoms with Crippen LogP contribution in [-0.2, 0) is 0 Å². The highest BCUT2D eigenvalue weighted by Crippen LogP contribution is 2.20. The summed E-state index contributed by atoms with van der Waals surface area (Å²) >= 11 is 0. The molecular weight excluding hydrogens is 294 g/mol. The lowest BCUT2D eigenvalue weighted by Crippen LogP contribution is -2.27. The molecule has 0 N–H and O–H groups in total. The first-order valence-electron chi connectivity index (χ1n) is 7.82. The fraction of sp³-hybridized carbons (Fsp3) is 0.529. The molecule has 1 heterocycles. The highest BCUT2D eigenvalue weighted by atomic mass is 16.5. The number of rotatable bonds is 8. The largest absolute Gasteiger partial charge is 0.497 e. The van der Waals surface area contributed by atoms with E-state index in [0.29, 0.717) is 12.5 Å². The van der Waals surface area contributed by atoms with Crippen molar-refractivity contribution in [2.24, 2.45) is 0 Å². The van der Waals surface area contributed by atoms with Crippen LogP contribution in [0.5, 0.6) is 11.5 Å². The Balaban J connectivity index is 1.81. The van der Waals surface area contributed by atoms with Gasteiger partial charge in [0.25, 0.3) is 0 Å². The molecule has 0 spiro atoms. The lowest BCUT2D eigenvalue weighted by molar-refractivity contribution is 0.173. The normalized spacial score (nSPS) is 12.7. The molecule has 0 amide bonds. The Kier molecular flexibility index (Phi) is 5.98. The number of benzene rings is 1. The van der Waals surface area contributed by atoms with E-state index in [9.17, 15) is 0 Å². The smallest absolute Gasteiger partial charge is 0.243 e. The Morgan fingerprint density at radius 3 is 2.35 bits per heavy atom. The molecule has 0 saturated heterocycles. The second kappa shape index (κ2) is 7.97. The second-order valence-corrected chi connectivity index (χ2v) is 5.83. The van der Waals surface area contributed by atoms with Gasteiger partial charge in [0, 0.05) is 12.5 Å². The summed E-state index contributed by atoms with van der Waals surface area (Å²) in [4.78, 5) is 6.57. The fourth-order valence-corrected chi connectivity index (χ4v) is 2.01. The summed E-state index contributed by atoms with van der Waals surface area (Å²) in [5.74, 6) is 3.30. The van der Waals surface area contributed by atoms with Gasteiger partial charge in [-0.3, -0.25) is 4.90 Å². The number of likely N-dealkylation sites (N-methyl/N-ethyl adjacent to an activating group) is 1. The molecule has 23 heavy (non-hydrogen) atoms. The van der Waals surface area contributed by atoms with Crippen molar-refractivity contribution in [3.8, 4) is 11.5 Å². The number of nitrogens with zero attached hydrogens (tertiary/aromatic N) is 3. The van der Waals surface area contributed by atoms with E-state index in [1.165, 1.54) is 0 Å². The molecular formula is C17H25N3O3. The fourth-order valence-electron chi connectivity index (χ4n) is 2.01. The van der Waals surface area contributed by atoms with Crippen molar-refractivity contribution < 1.29 is 14.0 Å². The second-order valence-electron chi connectivity index (χ2n) is 5.83. The molecule has 0 fully saturated rings. The molecule has 6 nitrogen and oxygen atoms in total. The van der Waals surface area contributed by atoms with Gasteiger partial charge in [0.05, 0.1) is 13.2 Å². The Hall–Kier alpha value is -2.08. The van der Waals surface area contributed by atoms with Gasteiger partial charge in [0.15, 0.2) is 5.82 Å². The average Bonchev–Trinajstić information content (AvgIpc) is 3.05. The molecule has 0 saturated carbocycles. The molecule has 0 aliphatic heterocycles. The molecule has 0 radical (unpaired) electrons. The van der Waals surface area contributed by atoms with E-state index in [1.54, 1.807) is 7.11 Å². The maximum Gasteiger partial charge on any atom is 0.243 e. The predicted octanol–water partition coefficient (Wildman–Crippen LogP) is 3.27. The Morgan fingerprint density at radius 1 is 1.13 bits per heavy atom. The summed E-state index contributed by atoms with van der Waals surface area (Å²) in [6.45, 7) is 7.48. The standard InChI is InChI=1S/C17H25N3O3/c1-12(2)16-18-17(23-19-16)13(3)20(4)10-11-22-15-8-6-14(21-5)7-9-15/h6-9,12-13H,10-11H2,1-5H3. The number of methoxy groups -OCH3 is 1. The molecule has 0 aliphatic carbocycles. The monoisotopic (exact) mass is 319 g/mol. The molecule has 0 bridgehead atoms. The van der Waals surface area contributed by atoms with Crippen LogP contribution in [0.4, 0.5) is 0 Å². The number of hydrogen-bond donors (Lipinski definition) is 0. The molecule has 1 atom stereocenters. The molecule has 2 aromatic rings. The summed E-state index contributed by atoms with van der Waals surface area (Å²) in [7, 11) is 3.66. The van der Waals surface area contributed by atoms with Gasteiger partial charge in [0.1, 0.15) is 18.1 Å². The third kappa shape index (κ3) is 4.69.